The highest BCUT2D eigenvalue weighted by Gasteiger charge is 2.34. The molecule has 1 amide bonds. The lowest BCUT2D eigenvalue weighted by Gasteiger charge is -2.41. The molecule has 7 nitrogen and oxygen atoms in total. The highest BCUT2D eigenvalue weighted by Crippen LogP contribution is 2.26. The van der Waals surface area contributed by atoms with Crippen LogP contribution in [0.3, 0.4) is 0 Å². The van der Waals surface area contributed by atoms with Gasteiger partial charge in [0, 0.05) is 24.2 Å². The van der Waals surface area contributed by atoms with Gasteiger partial charge in [-0.05, 0) is 20.8 Å². The van der Waals surface area contributed by atoms with E-state index in [2.05, 4.69) is 9.97 Å². The fourth-order valence-electron chi connectivity index (χ4n) is 2.57. The molecule has 3 rings (SSSR count). The number of rotatable bonds is 3. The van der Waals surface area contributed by atoms with Crippen LogP contribution in [0.2, 0.25) is 0 Å². The Hall–Kier alpha value is -2.83. The van der Waals surface area contributed by atoms with Gasteiger partial charge in [0.2, 0.25) is 5.95 Å². The number of nitrogen functional groups attached to an aromatic ring is 1. The number of carbonyl (C=O) groups is 1. The third-order valence-electron chi connectivity index (χ3n) is 4.52. The minimum absolute atomic E-state index is 0.149. The molecule has 26 heavy (non-hydrogen) atoms. The average Bonchev–Trinajstić information content (AvgIpc) is 2.56. The first-order valence-electron chi connectivity index (χ1n) is 8.63. The van der Waals surface area contributed by atoms with Crippen LogP contribution in [0.4, 0.5) is 16.6 Å². The second-order valence-electron chi connectivity index (χ2n) is 7.48. The molecule has 2 heterocycles. The molecule has 0 aliphatic carbocycles. The summed E-state index contributed by atoms with van der Waals surface area (Å²) in [6.45, 7) is 7.09. The molecule has 1 aliphatic rings. The van der Waals surface area contributed by atoms with Crippen molar-refractivity contribution in [2.24, 2.45) is 0 Å². The maximum Gasteiger partial charge on any atom is 0.410 e. The van der Waals surface area contributed by atoms with Crippen molar-refractivity contribution in [3.8, 4) is 11.3 Å². The highest BCUT2D eigenvalue weighted by molar-refractivity contribution is 5.69. The summed E-state index contributed by atoms with van der Waals surface area (Å²) in [6, 6.07) is 11.7. The van der Waals surface area contributed by atoms with Gasteiger partial charge < -0.3 is 20.3 Å². The number of benzene rings is 1. The SMILES string of the molecule is CN(C(=O)OC1CN(c2cc(-c3ccccc3)nc(N)n2)C1)C(C)(C)C. The topological polar surface area (TPSA) is 84.6 Å². The van der Waals surface area contributed by atoms with E-state index in [1.807, 2.05) is 62.1 Å². The Balaban J connectivity index is 1.64. The third-order valence-corrected chi connectivity index (χ3v) is 4.52. The standard InChI is InChI=1S/C19H25N5O2/c1-19(2,3)23(4)18(25)26-14-11-24(12-14)16-10-15(21-17(20)22-16)13-8-6-5-7-9-13/h5-10,14H,11-12H2,1-4H3,(H2,20,21,22). The van der Waals surface area contributed by atoms with Gasteiger partial charge in [-0.15, -0.1) is 0 Å². The summed E-state index contributed by atoms with van der Waals surface area (Å²) in [5.41, 5.74) is 7.37. The number of carbonyl (C=O) groups excluding carboxylic acids is 1. The molecule has 0 unspecified atom stereocenters. The first-order valence-corrected chi connectivity index (χ1v) is 8.63. The maximum atomic E-state index is 12.2. The third kappa shape index (κ3) is 3.87. The Morgan fingerprint density at radius 3 is 2.50 bits per heavy atom. The van der Waals surface area contributed by atoms with Gasteiger partial charge in [-0.25, -0.2) is 9.78 Å². The summed E-state index contributed by atoms with van der Waals surface area (Å²) in [5.74, 6) is 0.974. The number of anilines is 2. The molecule has 138 valence electrons. The fraction of sp³-hybridized carbons (Fsp3) is 0.421. The second kappa shape index (κ2) is 6.82. The Kier molecular flexibility index (Phi) is 4.71. The lowest BCUT2D eigenvalue weighted by Crippen LogP contribution is -2.55. The van der Waals surface area contributed by atoms with Crippen molar-refractivity contribution in [1.82, 2.24) is 14.9 Å². The number of hydrogen-bond acceptors (Lipinski definition) is 6. The Labute approximate surface area is 153 Å². The monoisotopic (exact) mass is 355 g/mol. The summed E-state index contributed by atoms with van der Waals surface area (Å²) < 4.78 is 5.54. The first-order chi connectivity index (χ1) is 12.2. The Morgan fingerprint density at radius 1 is 1.23 bits per heavy atom. The minimum atomic E-state index is -0.311. The van der Waals surface area contributed by atoms with Crippen molar-refractivity contribution in [3.63, 3.8) is 0 Å². The molecule has 2 N–H and O–H groups in total. The van der Waals surface area contributed by atoms with E-state index in [-0.39, 0.29) is 23.7 Å². The van der Waals surface area contributed by atoms with Gasteiger partial charge in [0.15, 0.2) is 0 Å². The number of nitrogens with zero attached hydrogens (tertiary/aromatic N) is 4. The quantitative estimate of drug-likeness (QED) is 0.911. The van der Waals surface area contributed by atoms with Crippen LogP contribution in [0.1, 0.15) is 20.8 Å². The lowest BCUT2D eigenvalue weighted by atomic mass is 10.1. The fourth-order valence-corrected chi connectivity index (χ4v) is 2.57. The smallest absolute Gasteiger partial charge is 0.410 e. The summed E-state index contributed by atoms with van der Waals surface area (Å²) in [6.07, 6.45) is -0.460. The van der Waals surface area contributed by atoms with Gasteiger partial charge in [0.25, 0.3) is 0 Å². The zero-order valence-electron chi connectivity index (χ0n) is 15.6. The normalized spacial score (nSPS) is 14.7. The van der Waals surface area contributed by atoms with Gasteiger partial charge in [0.05, 0.1) is 18.8 Å². The van der Waals surface area contributed by atoms with E-state index in [1.54, 1.807) is 11.9 Å². The molecule has 0 bridgehead atoms. The van der Waals surface area contributed by atoms with Crippen LogP contribution in [0.15, 0.2) is 36.4 Å². The summed E-state index contributed by atoms with van der Waals surface area (Å²) >= 11 is 0. The van der Waals surface area contributed by atoms with Crippen LogP contribution < -0.4 is 10.6 Å². The zero-order valence-corrected chi connectivity index (χ0v) is 15.6. The van der Waals surface area contributed by atoms with Crippen LogP contribution in [0, 0.1) is 0 Å². The van der Waals surface area contributed by atoms with Crippen LogP contribution in [-0.2, 0) is 4.74 Å². The van der Waals surface area contributed by atoms with Crippen molar-refractivity contribution in [2.75, 3.05) is 30.8 Å². The van der Waals surface area contributed by atoms with Crippen molar-refractivity contribution in [1.29, 1.82) is 0 Å². The molecular weight excluding hydrogens is 330 g/mol. The highest BCUT2D eigenvalue weighted by atomic mass is 16.6. The van der Waals surface area contributed by atoms with Crippen LogP contribution in [-0.4, -0.2) is 52.7 Å². The van der Waals surface area contributed by atoms with Crippen LogP contribution >= 0.6 is 0 Å². The zero-order chi connectivity index (χ0) is 18.9. The Morgan fingerprint density at radius 2 is 1.88 bits per heavy atom. The van der Waals surface area contributed by atoms with Crippen LogP contribution in [0.25, 0.3) is 11.3 Å². The van der Waals surface area contributed by atoms with E-state index >= 15 is 0 Å². The van der Waals surface area contributed by atoms with E-state index in [4.69, 9.17) is 10.5 Å². The first kappa shape index (κ1) is 18.0. The number of amides is 1. The van der Waals surface area contributed by atoms with E-state index < -0.39 is 0 Å². The molecule has 7 heteroatoms. The lowest BCUT2D eigenvalue weighted by molar-refractivity contribution is 0.0364. The molecule has 1 fully saturated rings. The molecule has 1 aliphatic heterocycles. The minimum Gasteiger partial charge on any atom is -0.442 e. The van der Waals surface area contributed by atoms with Gasteiger partial charge >= 0.3 is 6.09 Å². The molecule has 0 radical (unpaired) electrons. The molecule has 0 atom stereocenters. The number of ether oxygens (including phenoxy) is 1. The molecule has 1 aromatic carbocycles. The van der Waals surface area contributed by atoms with E-state index in [9.17, 15) is 4.79 Å². The van der Waals surface area contributed by atoms with Crippen molar-refractivity contribution < 1.29 is 9.53 Å². The molecular formula is C19H25N5O2. The van der Waals surface area contributed by atoms with Gasteiger partial charge in [-0.1, -0.05) is 30.3 Å². The van der Waals surface area contributed by atoms with E-state index in [0.717, 1.165) is 17.1 Å². The summed E-state index contributed by atoms with van der Waals surface area (Å²) in [5, 5.41) is 0. The number of aromatic nitrogens is 2. The predicted molar refractivity (Wildman–Crippen MR) is 102 cm³/mol. The van der Waals surface area contributed by atoms with Crippen molar-refractivity contribution in [3.05, 3.63) is 36.4 Å². The molecule has 1 aromatic heterocycles. The van der Waals surface area contributed by atoms with Gasteiger partial charge in [0.1, 0.15) is 11.9 Å². The maximum absolute atomic E-state index is 12.2. The van der Waals surface area contributed by atoms with Gasteiger partial charge in [-0.3, -0.25) is 0 Å². The van der Waals surface area contributed by atoms with Gasteiger partial charge in [-0.2, -0.15) is 4.98 Å². The van der Waals surface area contributed by atoms with Crippen LogP contribution in [0.5, 0.6) is 0 Å². The molecule has 1 saturated heterocycles. The number of hydrogen-bond donors (Lipinski definition) is 1. The largest absolute Gasteiger partial charge is 0.442 e. The summed E-state index contributed by atoms with van der Waals surface area (Å²) in [7, 11) is 1.75. The second-order valence-corrected chi connectivity index (χ2v) is 7.48. The molecule has 2 aromatic rings. The predicted octanol–water partition coefficient (Wildman–Crippen LogP) is 2.78. The number of nitrogens with two attached hydrogens (primary N) is 1. The van der Waals surface area contributed by atoms with Crippen molar-refractivity contribution in [2.45, 2.75) is 32.4 Å². The molecule has 0 saturated carbocycles. The summed E-state index contributed by atoms with van der Waals surface area (Å²) in [4.78, 5) is 24.4. The Bertz CT molecular complexity index is 782. The van der Waals surface area contributed by atoms with E-state index in [0.29, 0.717) is 13.1 Å². The average molecular weight is 355 g/mol. The van der Waals surface area contributed by atoms with Crippen molar-refractivity contribution >= 4 is 17.9 Å². The molecule has 0 spiro atoms. The van der Waals surface area contributed by atoms with E-state index in [1.165, 1.54) is 0 Å².